The van der Waals surface area contributed by atoms with Gasteiger partial charge < -0.3 is 15.7 Å². The van der Waals surface area contributed by atoms with Gasteiger partial charge in [0.25, 0.3) is 0 Å². The molecule has 1 aliphatic rings. The van der Waals surface area contributed by atoms with Gasteiger partial charge in [0.1, 0.15) is 0 Å². The Labute approximate surface area is 153 Å². The molecule has 0 aromatic heterocycles. The fourth-order valence-electron chi connectivity index (χ4n) is 3.02. The Hall–Kier alpha value is -1.73. The van der Waals surface area contributed by atoms with Gasteiger partial charge >= 0.3 is 12.0 Å². The summed E-state index contributed by atoms with van der Waals surface area (Å²) < 4.78 is 0. The number of hydrogen-bond acceptors (Lipinski definition) is 4. The number of carboxylic acid groups (broad SMARTS) is 1. The molecule has 138 valence electrons. The van der Waals surface area contributed by atoms with Gasteiger partial charge in [0.15, 0.2) is 0 Å². The molecule has 0 aliphatic heterocycles. The molecule has 1 saturated carbocycles. The van der Waals surface area contributed by atoms with E-state index in [0.717, 1.165) is 24.2 Å². The Kier molecular flexibility index (Phi) is 7.58. The lowest BCUT2D eigenvalue weighted by Crippen LogP contribution is -2.56. The Balaban J connectivity index is 1.67. The maximum Gasteiger partial charge on any atom is 0.317 e. The van der Waals surface area contributed by atoms with E-state index >= 15 is 0 Å². The second-order valence-corrected chi connectivity index (χ2v) is 7.22. The minimum atomic E-state index is -0.806. The van der Waals surface area contributed by atoms with Gasteiger partial charge in [0, 0.05) is 24.4 Å². The average Bonchev–Trinajstić information content (AvgIpc) is 2.55. The molecule has 0 saturated heterocycles. The van der Waals surface area contributed by atoms with Crippen LogP contribution in [0.15, 0.2) is 24.3 Å². The summed E-state index contributed by atoms with van der Waals surface area (Å²) in [6.45, 7) is 3.23. The van der Waals surface area contributed by atoms with Crippen LogP contribution in [0.1, 0.15) is 30.9 Å². The minimum Gasteiger partial charge on any atom is -0.480 e. The number of carbonyl (C=O) groups excluding carboxylic acids is 1. The molecule has 0 unspecified atom stereocenters. The van der Waals surface area contributed by atoms with Crippen LogP contribution in [0.4, 0.5) is 4.79 Å². The summed E-state index contributed by atoms with van der Waals surface area (Å²) >= 11 is 1.79. The standard InChI is InChI=1S/C18H27N3O3S/c1-3-21(11-17(22)23)16-8-15(9-16)20-18(24)19-10-13-4-6-14(7-5-13)12-25-2/h4-7,15-16H,3,8-12H2,1-2H3,(H,22,23)(H2,19,20,24). The van der Waals surface area contributed by atoms with E-state index < -0.39 is 5.97 Å². The first-order chi connectivity index (χ1) is 12.0. The average molecular weight is 365 g/mol. The number of hydrogen-bond donors (Lipinski definition) is 3. The molecule has 0 spiro atoms. The van der Waals surface area contributed by atoms with Crippen LogP contribution in [0.3, 0.4) is 0 Å². The van der Waals surface area contributed by atoms with Crippen molar-refractivity contribution in [3.05, 3.63) is 35.4 Å². The van der Waals surface area contributed by atoms with Crippen LogP contribution in [0.25, 0.3) is 0 Å². The first-order valence-electron chi connectivity index (χ1n) is 8.58. The molecular weight excluding hydrogens is 338 g/mol. The van der Waals surface area contributed by atoms with Crippen LogP contribution in [0.2, 0.25) is 0 Å². The lowest BCUT2D eigenvalue weighted by Gasteiger charge is -2.42. The van der Waals surface area contributed by atoms with E-state index in [2.05, 4.69) is 29.0 Å². The molecule has 25 heavy (non-hydrogen) atoms. The number of urea groups is 1. The van der Waals surface area contributed by atoms with Gasteiger partial charge in [0.05, 0.1) is 6.54 Å². The van der Waals surface area contributed by atoms with E-state index in [1.54, 1.807) is 11.8 Å². The van der Waals surface area contributed by atoms with Gasteiger partial charge in [-0.1, -0.05) is 31.2 Å². The Bertz CT molecular complexity index is 573. The predicted octanol–water partition coefficient (Wildman–Crippen LogP) is 2.29. The molecule has 2 amide bonds. The molecule has 3 N–H and O–H groups in total. The second kappa shape index (κ2) is 9.68. The van der Waals surface area contributed by atoms with Crippen molar-refractivity contribution in [2.45, 2.75) is 44.1 Å². The summed E-state index contributed by atoms with van der Waals surface area (Å²) in [7, 11) is 0. The largest absolute Gasteiger partial charge is 0.480 e. The third-order valence-corrected chi connectivity index (χ3v) is 5.12. The van der Waals surface area contributed by atoms with Gasteiger partial charge in [-0.15, -0.1) is 0 Å². The summed E-state index contributed by atoms with van der Waals surface area (Å²) in [6.07, 6.45) is 3.68. The number of rotatable bonds is 9. The SMILES string of the molecule is CCN(CC(=O)O)C1CC(NC(=O)NCc2ccc(CSC)cc2)C1. The number of nitrogens with one attached hydrogen (secondary N) is 2. The highest BCUT2D eigenvalue weighted by atomic mass is 32.2. The molecule has 6 nitrogen and oxygen atoms in total. The van der Waals surface area contributed by atoms with Crippen LogP contribution in [0, 0.1) is 0 Å². The monoisotopic (exact) mass is 365 g/mol. The number of aliphatic carboxylic acids is 1. The van der Waals surface area contributed by atoms with Crippen molar-refractivity contribution in [3.8, 4) is 0 Å². The number of thioether (sulfide) groups is 1. The van der Waals surface area contributed by atoms with E-state index in [9.17, 15) is 9.59 Å². The molecule has 0 heterocycles. The lowest BCUT2D eigenvalue weighted by atomic mass is 9.85. The number of carboxylic acids is 1. The molecule has 0 radical (unpaired) electrons. The van der Waals surface area contributed by atoms with Crippen molar-refractivity contribution in [1.82, 2.24) is 15.5 Å². The zero-order chi connectivity index (χ0) is 18.2. The van der Waals surface area contributed by atoms with Crippen molar-refractivity contribution >= 4 is 23.8 Å². The topological polar surface area (TPSA) is 81.7 Å². The number of nitrogens with zero attached hydrogens (tertiary/aromatic N) is 1. The van der Waals surface area contributed by atoms with Crippen LogP contribution >= 0.6 is 11.8 Å². The molecule has 2 rings (SSSR count). The Morgan fingerprint density at radius 1 is 1.24 bits per heavy atom. The fraction of sp³-hybridized carbons (Fsp3) is 0.556. The van der Waals surface area contributed by atoms with Crippen LogP contribution < -0.4 is 10.6 Å². The second-order valence-electron chi connectivity index (χ2n) is 6.36. The normalized spacial score (nSPS) is 19.3. The summed E-state index contributed by atoms with van der Waals surface area (Å²) in [6, 6.07) is 8.45. The molecule has 1 aromatic carbocycles. The van der Waals surface area contributed by atoms with Gasteiger partial charge in [-0.2, -0.15) is 11.8 Å². The molecule has 7 heteroatoms. The first-order valence-corrected chi connectivity index (χ1v) is 9.98. The van der Waals surface area contributed by atoms with E-state index in [4.69, 9.17) is 5.11 Å². The molecule has 0 bridgehead atoms. The van der Waals surface area contributed by atoms with E-state index in [1.807, 2.05) is 24.0 Å². The zero-order valence-corrected chi connectivity index (χ0v) is 15.6. The molecule has 0 atom stereocenters. The van der Waals surface area contributed by atoms with Crippen LogP contribution in [0.5, 0.6) is 0 Å². The molecule has 1 fully saturated rings. The quantitative estimate of drug-likeness (QED) is 0.625. The zero-order valence-electron chi connectivity index (χ0n) is 14.8. The third-order valence-electron chi connectivity index (χ3n) is 4.50. The van der Waals surface area contributed by atoms with E-state index in [1.165, 1.54) is 5.56 Å². The highest BCUT2D eigenvalue weighted by molar-refractivity contribution is 7.97. The summed E-state index contributed by atoms with van der Waals surface area (Å²) in [4.78, 5) is 24.7. The Morgan fingerprint density at radius 2 is 1.88 bits per heavy atom. The predicted molar refractivity (Wildman–Crippen MR) is 101 cm³/mol. The smallest absolute Gasteiger partial charge is 0.317 e. The summed E-state index contributed by atoms with van der Waals surface area (Å²) in [5.41, 5.74) is 2.35. The first kappa shape index (κ1) is 19.6. The van der Waals surface area contributed by atoms with E-state index in [0.29, 0.717) is 13.1 Å². The number of benzene rings is 1. The van der Waals surface area contributed by atoms with Crippen molar-refractivity contribution < 1.29 is 14.7 Å². The van der Waals surface area contributed by atoms with Gasteiger partial charge in [-0.3, -0.25) is 9.69 Å². The Morgan fingerprint density at radius 3 is 2.44 bits per heavy atom. The summed E-state index contributed by atoms with van der Waals surface area (Å²) in [5.74, 6) is 0.188. The van der Waals surface area contributed by atoms with Crippen LogP contribution in [-0.4, -0.2) is 53.4 Å². The highest BCUT2D eigenvalue weighted by Crippen LogP contribution is 2.25. The maximum absolute atomic E-state index is 12.0. The fourth-order valence-corrected chi connectivity index (χ4v) is 3.54. The lowest BCUT2D eigenvalue weighted by molar-refractivity contribution is -0.139. The molecule has 1 aliphatic carbocycles. The number of carbonyl (C=O) groups is 2. The van der Waals surface area contributed by atoms with Gasteiger partial charge in [0.2, 0.25) is 0 Å². The van der Waals surface area contributed by atoms with Crippen molar-refractivity contribution in [3.63, 3.8) is 0 Å². The molecular formula is C18H27N3O3S. The third kappa shape index (κ3) is 6.25. The minimum absolute atomic E-state index is 0.0621. The number of amides is 2. The summed E-state index contributed by atoms with van der Waals surface area (Å²) in [5, 5.41) is 14.7. The van der Waals surface area contributed by atoms with Crippen molar-refractivity contribution in [2.75, 3.05) is 19.3 Å². The maximum atomic E-state index is 12.0. The van der Waals surface area contributed by atoms with Crippen LogP contribution in [-0.2, 0) is 17.1 Å². The van der Waals surface area contributed by atoms with Crippen molar-refractivity contribution in [2.24, 2.45) is 0 Å². The van der Waals surface area contributed by atoms with Gasteiger partial charge in [-0.25, -0.2) is 4.79 Å². The van der Waals surface area contributed by atoms with E-state index in [-0.39, 0.29) is 24.7 Å². The van der Waals surface area contributed by atoms with Crippen molar-refractivity contribution in [1.29, 1.82) is 0 Å². The van der Waals surface area contributed by atoms with Gasteiger partial charge in [-0.05, 0) is 36.8 Å². The highest BCUT2D eigenvalue weighted by Gasteiger charge is 2.34. The molecule has 1 aromatic rings. The number of likely N-dealkylation sites (N-methyl/N-ethyl adjacent to an activating group) is 1.